The predicted octanol–water partition coefficient (Wildman–Crippen LogP) is 2.21. The number of piperidine rings is 1. The molecule has 2 unspecified atom stereocenters. The van der Waals surface area contributed by atoms with Gasteiger partial charge >= 0.3 is 0 Å². The van der Waals surface area contributed by atoms with E-state index in [1.807, 2.05) is 6.92 Å². The minimum absolute atomic E-state index is 0.0217. The second-order valence-corrected chi connectivity index (χ2v) is 5.77. The summed E-state index contributed by atoms with van der Waals surface area (Å²) in [5.41, 5.74) is 4.91. The Morgan fingerprint density at radius 2 is 2.14 bits per heavy atom. The van der Waals surface area contributed by atoms with E-state index in [9.17, 15) is 13.6 Å². The molecule has 0 radical (unpaired) electrons. The van der Waals surface area contributed by atoms with E-state index in [0.29, 0.717) is 12.0 Å². The predicted molar refractivity (Wildman–Crippen MR) is 78.2 cm³/mol. The lowest BCUT2D eigenvalue weighted by atomic mass is 9.91. The average molecular weight is 297 g/mol. The third kappa shape index (κ3) is 3.69. The van der Waals surface area contributed by atoms with Crippen molar-refractivity contribution in [2.24, 2.45) is 11.7 Å². The number of nitrogens with zero attached hydrogens (tertiary/aromatic N) is 1. The van der Waals surface area contributed by atoms with E-state index >= 15 is 0 Å². The highest BCUT2D eigenvalue weighted by molar-refractivity contribution is 5.94. The summed E-state index contributed by atoms with van der Waals surface area (Å²) < 4.78 is 27.3. The highest BCUT2D eigenvalue weighted by Gasteiger charge is 2.24. The highest BCUT2D eigenvalue weighted by atomic mass is 19.1. The number of primary amides is 1. The van der Waals surface area contributed by atoms with Crippen LogP contribution in [0.15, 0.2) is 12.1 Å². The van der Waals surface area contributed by atoms with Crippen molar-refractivity contribution in [1.29, 1.82) is 0 Å². The standard InChI is InChI=1S/C15H21F2N3O/c1-9(10-4-3-5-20(2)8-10)19-14-6-11(15(18)21)12(16)7-13(14)17/h6-7,9-10,19H,3-5,8H2,1-2H3,(H2,18,21). The third-order valence-corrected chi connectivity index (χ3v) is 4.07. The van der Waals surface area contributed by atoms with Gasteiger partial charge in [-0.2, -0.15) is 0 Å². The molecule has 1 fully saturated rings. The van der Waals surface area contributed by atoms with Crippen LogP contribution in [0.4, 0.5) is 14.5 Å². The number of benzene rings is 1. The van der Waals surface area contributed by atoms with Gasteiger partial charge in [0.15, 0.2) is 0 Å². The fourth-order valence-electron chi connectivity index (χ4n) is 2.83. The topological polar surface area (TPSA) is 58.4 Å². The van der Waals surface area contributed by atoms with E-state index in [-0.39, 0.29) is 17.3 Å². The smallest absolute Gasteiger partial charge is 0.251 e. The lowest BCUT2D eigenvalue weighted by molar-refractivity contribution is 0.0996. The Balaban J connectivity index is 2.15. The number of rotatable bonds is 4. The maximum atomic E-state index is 13.8. The molecule has 1 aromatic carbocycles. The molecular weight excluding hydrogens is 276 g/mol. The van der Waals surface area contributed by atoms with Gasteiger partial charge in [-0.1, -0.05) is 0 Å². The Labute approximate surface area is 123 Å². The fourth-order valence-corrected chi connectivity index (χ4v) is 2.83. The van der Waals surface area contributed by atoms with Gasteiger partial charge in [-0.3, -0.25) is 4.79 Å². The first-order chi connectivity index (χ1) is 9.88. The molecule has 0 spiro atoms. The summed E-state index contributed by atoms with van der Waals surface area (Å²) in [6, 6.07) is 1.87. The summed E-state index contributed by atoms with van der Waals surface area (Å²) in [7, 11) is 2.06. The third-order valence-electron chi connectivity index (χ3n) is 4.07. The van der Waals surface area contributed by atoms with Crippen LogP contribution in [0, 0.1) is 17.6 Å². The summed E-state index contributed by atoms with van der Waals surface area (Å²) in [5.74, 6) is -2.17. The summed E-state index contributed by atoms with van der Waals surface area (Å²) in [5, 5.41) is 3.05. The molecule has 4 nitrogen and oxygen atoms in total. The number of hydrogen-bond donors (Lipinski definition) is 2. The number of likely N-dealkylation sites (tertiary alicyclic amines) is 1. The van der Waals surface area contributed by atoms with Gasteiger partial charge in [-0.05, 0) is 45.3 Å². The number of carbonyl (C=O) groups excluding carboxylic acids is 1. The van der Waals surface area contributed by atoms with Crippen LogP contribution in [0.1, 0.15) is 30.1 Å². The molecule has 1 saturated heterocycles. The number of nitrogens with two attached hydrogens (primary N) is 1. The molecular formula is C15H21F2N3O. The Morgan fingerprint density at radius 3 is 2.76 bits per heavy atom. The van der Waals surface area contributed by atoms with Gasteiger partial charge in [0, 0.05) is 18.7 Å². The lowest BCUT2D eigenvalue weighted by Gasteiger charge is -2.34. The monoisotopic (exact) mass is 297 g/mol. The van der Waals surface area contributed by atoms with Crippen molar-refractivity contribution in [3.8, 4) is 0 Å². The molecule has 2 atom stereocenters. The van der Waals surface area contributed by atoms with Crippen molar-refractivity contribution in [3.63, 3.8) is 0 Å². The number of anilines is 1. The largest absolute Gasteiger partial charge is 0.380 e. The van der Waals surface area contributed by atoms with Gasteiger partial charge < -0.3 is 16.0 Å². The molecule has 116 valence electrons. The molecule has 0 bridgehead atoms. The van der Waals surface area contributed by atoms with Crippen molar-refractivity contribution in [2.75, 3.05) is 25.5 Å². The first kappa shape index (κ1) is 15.7. The maximum absolute atomic E-state index is 13.8. The van der Waals surface area contributed by atoms with Crippen molar-refractivity contribution >= 4 is 11.6 Å². The van der Waals surface area contributed by atoms with Crippen LogP contribution in [-0.2, 0) is 0 Å². The van der Waals surface area contributed by atoms with Gasteiger partial charge in [0.25, 0.3) is 5.91 Å². The van der Waals surface area contributed by atoms with E-state index < -0.39 is 17.5 Å². The molecule has 1 aromatic rings. The first-order valence-electron chi connectivity index (χ1n) is 7.12. The number of nitrogens with one attached hydrogen (secondary N) is 1. The van der Waals surface area contributed by atoms with Crippen molar-refractivity contribution in [2.45, 2.75) is 25.8 Å². The van der Waals surface area contributed by atoms with Crippen LogP contribution < -0.4 is 11.1 Å². The summed E-state index contributed by atoms with van der Waals surface area (Å²) in [4.78, 5) is 13.4. The van der Waals surface area contributed by atoms with E-state index in [4.69, 9.17) is 5.73 Å². The summed E-state index contributed by atoms with van der Waals surface area (Å²) in [6.07, 6.45) is 2.16. The van der Waals surface area contributed by atoms with E-state index in [2.05, 4.69) is 17.3 Å². The van der Waals surface area contributed by atoms with Gasteiger partial charge in [0.05, 0.1) is 11.3 Å². The van der Waals surface area contributed by atoms with Crippen molar-refractivity contribution in [1.82, 2.24) is 4.90 Å². The number of halogens is 2. The molecule has 1 amide bonds. The number of hydrogen-bond acceptors (Lipinski definition) is 3. The molecule has 2 rings (SSSR count). The molecule has 0 aromatic heterocycles. The van der Waals surface area contributed by atoms with Crippen LogP contribution in [0.25, 0.3) is 0 Å². The maximum Gasteiger partial charge on any atom is 0.251 e. The zero-order valence-corrected chi connectivity index (χ0v) is 12.3. The van der Waals surface area contributed by atoms with Gasteiger partial charge in [0.1, 0.15) is 11.6 Å². The molecule has 21 heavy (non-hydrogen) atoms. The minimum atomic E-state index is -0.935. The molecule has 1 aliphatic heterocycles. The first-order valence-corrected chi connectivity index (χ1v) is 7.12. The lowest BCUT2D eigenvalue weighted by Crippen LogP contribution is -2.40. The van der Waals surface area contributed by atoms with Crippen LogP contribution in [0.2, 0.25) is 0 Å². The van der Waals surface area contributed by atoms with Crippen molar-refractivity contribution in [3.05, 3.63) is 29.3 Å². The van der Waals surface area contributed by atoms with E-state index in [1.165, 1.54) is 0 Å². The number of amides is 1. The highest BCUT2D eigenvalue weighted by Crippen LogP contribution is 2.25. The molecule has 1 aliphatic rings. The van der Waals surface area contributed by atoms with Gasteiger partial charge in [-0.15, -0.1) is 0 Å². The second-order valence-electron chi connectivity index (χ2n) is 5.77. The molecule has 6 heteroatoms. The average Bonchev–Trinajstić information content (AvgIpc) is 2.41. The number of carbonyl (C=O) groups is 1. The molecule has 0 aliphatic carbocycles. The van der Waals surface area contributed by atoms with Gasteiger partial charge in [-0.25, -0.2) is 8.78 Å². The zero-order valence-electron chi connectivity index (χ0n) is 12.3. The molecule has 0 saturated carbocycles. The zero-order chi connectivity index (χ0) is 15.6. The van der Waals surface area contributed by atoms with Crippen molar-refractivity contribution < 1.29 is 13.6 Å². The van der Waals surface area contributed by atoms with Gasteiger partial charge in [0.2, 0.25) is 0 Å². The Kier molecular flexibility index (Phi) is 4.77. The SMILES string of the molecule is CC(Nc1cc(C(N)=O)c(F)cc1F)C1CCCN(C)C1. The van der Waals surface area contributed by atoms with E-state index in [0.717, 1.165) is 32.0 Å². The van der Waals surface area contributed by atoms with E-state index in [1.54, 1.807) is 0 Å². The molecule has 3 N–H and O–H groups in total. The Hall–Kier alpha value is -1.69. The Bertz CT molecular complexity index is 536. The van der Waals surface area contributed by atoms with Crippen LogP contribution in [0.5, 0.6) is 0 Å². The Morgan fingerprint density at radius 1 is 1.43 bits per heavy atom. The van der Waals surface area contributed by atoms with Crippen LogP contribution in [0.3, 0.4) is 0 Å². The quantitative estimate of drug-likeness (QED) is 0.896. The minimum Gasteiger partial charge on any atom is -0.380 e. The normalized spacial score (nSPS) is 21.0. The summed E-state index contributed by atoms with van der Waals surface area (Å²) >= 11 is 0. The van der Waals surface area contributed by atoms with Crippen LogP contribution in [-0.4, -0.2) is 37.0 Å². The van der Waals surface area contributed by atoms with Crippen LogP contribution >= 0.6 is 0 Å². The fraction of sp³-hybridized carbons (Fsp3) is 0.533. The molecule has 1 heterocycles. The summed E-state index contributed by atoms with van der Waals surface area (Å²) in [6.45, 7) is 3.97. The second kappa shape index (κ2) is 6.39.